The Kier molecular flexibility index (Phi) is 10.1. The number of phenols is 2. The lowest BCUT2D eigenvalue weighted by atomic mass is 9.92. The van der Waals surface area contributed by atoms with Crippen molar-refractivity contribution >= 4 is 63.3 Å². The molecule has 0 bridgehead atoms. The van der Waals surface area contributed by atoms with Crippen LogP contribution in [0.25, 0.3) is 65.3 Å². The van der Waals surface area contributed by atoms with Crippen LogP contribution in [0.5, 0.6) is 23.0 Å². The summed E-state index contributed by atoms with van der Waals surface area (Å²) in [5.41, 5.74) is -11.2. The molecule has 0 atom stereocenters. The first kappa shape index (κ1) is 39.7. The Morgan fingerprint density at radius 2 is 0.621 bits per heavy atom. The quantitative estimate of drug-likeness (QED) is 0.0963. The van der Waals surface area contributed by atoms with Crippen LogP contribution in [0.3, 0.4) is 0 Å². The third-order valence-electron chi connectivity index (χ3n) is 9.06. The molecule has 0 fully saturated rings. The molecule has 0 aliphatic carbocycles. The Morgan fingerprint density at radius 3 is 0.914 bits per heavy atom. The van der Waals surface area contributed by atoms with Gasteiger partial charge in [-0.05, 0) is 67.4 Å². The average molecular weight is 837 g/mol. The van der Waals surface area contributed by atoms with E-state index in [-0.39, 0.29) is 22.3 Å². The molecule has 8 aromatic rings. The average Bonchev–Trinajstić information content (AvgIpc) is 3.17. The molecule has 0 amide bonds. The second-order valence-electron chi connectivity index (χ2n) is 12.6. The number of benzene rings is 8. The number of phenolic OH excluding ortho intramolecular Hbond substituents is 2. The van der Waals surface area contributed by atoms with E-state index in [1.165, 1.54) is 48.5 Å². The molecule has 2 N–H and O–H groups in total. The van der Waals surface area contributed by atoms with Crippen molar-refractivity contribution in [3.05, 3.63) is 146 Å². The van der Waals surface area contributed by atoms with Crippen LogP contribution in [0.4, 0.5) is 26.3 Å². The summed E-state index contributed by atoms with van der Waals surface area (Å²) in [4.78, 5) is 0. The fourth-order valence-electron chi connectivity index (χ4n) is 6.53. The first-order valence-electron chi connectivity index (χ1n) is 16.8. The molecule has 0 aromatic heterocycles. The van der Waals surface area contributed by atoms with Crippen molar-refractivity contribution in [1.29, 1.82) is 0 Å². The normalized spacial score (nSPS) is 12.4. The monoisotopic (exact) mass is 836 g/mol. The minimum absolute atomic E-state index is 0.0537. The molecule has 0 radical (unpaired) electrons. The van der Waals surface area contributed by atoms with E-state index < -0.39 is 53.9 Å². The molecular formula is C42H26F6O8S2. The van der Waals surface area contributed by atoms with Crippen LogP contribution in [0.15, 0.2) is 146 Å². The summed E-state index contributed by atoms with van der Waals surface area (Å²) >= 11 is 0. The minimum Gasteiger partial charge on any atom is -0.507 e. The maximum atomic E-state index is 13.1. The van der Waals surface area contributed by atoms with Gasteiger partial charge in [0, 0.05) is 22.3 Å². The van der Waals surface area contributed by atoms with E-state index in [1.54, 1.807) is 24.3 Å². The molecule has 0 saturated carbocycles. The topological polar surface area (TPSA) is 127 Å². The van der Waals surface area contributed by atoms with Crippen molar-refractivity contribution in [2.24, 2.45) is 0 Å². The van der Waals surface area contributed by atoms with Crippen LogP contribution >= 0.6 is 0 Å². The van der Waals surface area contributed by atoms with Crippen molar-refractivity contribution in [2.75, 3.05) is 0 Å². The number of alkyl halides is 6. The fraction of sp³-hybridized carbons (Fsp3) is 0.0476. The van der Waals surface area contributed by atoms with Gasteiger partial charge in [0.05, 0.1) is 0 Å². The van der Waals surface area contributed by atoms with E-state index >= 15 is 0 Å². The number of halogens is 6. The van der Waals surface area contributed by atoms with E-state index in [0.29, 0.717) is 21.9 Å². The summed E-state index contributed by atoms with van der Waals surface area (Å²) in [5, 5.41) is 25.6. The predicted molar refractivity (Wildman–Crippen MR) is 208 cm³/mol. The zero-order chi connectivity index (χ0) is 41.6. The maximum absolute atomic E-state index is 13.1. The first-order chi connectivity index (χ1) is 27.4. The molecule has 58 heavy (non-hydrogen) atoms. The van der Waals surface area contributed by atoms with E-state index in [9.17, 15) is 53.4 Å². The van der Waals surface area contributed by atoms with Gasteiger partial charge >= 0.3 is 31.3 Å². The van der Waals surface area contributed by atoms with E-state index in [0.717, 1.165) is 33.7 Å². The molecule has 8 nitrogen and oxygen atoms in total. The number of hydrogen-bond acceptors (Lipinski definition) is 8. The Balaban J connectivity index is 0.000000197. The lowest BCUT2D eigenvalue weighted by Crippen LogP contribution is -2.28. The largest absolute Gasteiger partial charge is 0.534 e. The fourth-order valence-corrected chi connectivity index (χ4v) is 7.47. The molecule has 0 heterocycles. The summed E-state index contributed by atoms with van der Waals surface area (Å²) in [7, 11) is -12.4. The number of aromatic hydroxyl groups is 2. The Hall–Kier alpha value is -6.52. The highest BCUT2D eigenvalue weighted by molar-refractivity contribution is 7.88. The summed E-state index contributed by atoms with van der Waals surface area (Å²) < 4.78 is 135. The van der Waals surface area contributed by atoms with Crippen molar-refractivity contribution in [3.63, 3.8) is 0 Å². The minimum atomic E-state index is -6.21. The summed E-state index contributed by atoms with van der Waals surface area (Å²) in [6.07, 6.45) is 0. The van der Waals surface area contributed by atoms with E-state index in [4.69, 9.17) is 0 Å². The van der Waals surface area contributed by atoms with Gasteiger partial charge in [-0.15, -0.1) is 0 Å². The maximum Gasteiger partial charge on any atom is 0.534 e. The Morgan fingerprint density at radius 1 is 0.362 bits per heavy atom. The molecule has 0 aliphatic heterocycles. The molecule has 8 aromatic carbocycles. The van der Waals surface area contributed by atoms with E-state index in [1.807, 2.05) is 60.7 Å². The lowest BCUT2D eigenvalue weighted by Gasteiger charge is -2.19. The number of rotatable bonds is 6. The highest BCUT2D eigenvalue weighted by Crippen LogP contribution is 2.48. The third kappa shape index (κ3) is 7.39. The number of hydrogen-bond donors (Lipinski definition) is 2. The second kappa shape index (κ2) is 14.8. The second-order valence-corrected chi connectivity index (χ2v) is 15.7. The van der Waals surface area contributed by atoms with Gasteiger partial charge < -0.3 is 18.6 Å². The van der Waals surface area contributed by atoms with Crippen LogP contribution in [-0.4, -0.2) is 38.1 Å². The highest BCUT2D eigenvalue weighted by atomic mass is 32.2. The smallest absolute Gasteiger partial charge is 0.507 e. The standard InChI is InChI=1S/C22H12F6O6S2.C20H14O2/c23-21(24,25)35(29,30)33-17-11-9-13-5-1-3-7-15(13)19(17)20-16-8-4-2-6-14(16)10-12-18(20)34-36(31,32)22(26,27)28;21-17-11-9-13-5-1-3-7-15(13)19(17)20-16-8-4-2-6-14(16)10-12-18(20)22/h1-12H;1-12,21-22H. The van der Waals surface area contributed by atoms with Crippen molar-refractivity contribution in [2.45, 2.75) is 11.0 Å². The van der Waals surface area contributed by atoms with Crippen molar-refractivity contribution in [3.8, 4) is 45.3 Å². The summed E-state index contributed by atoms with van der Waals surface area (Å²) in [6, 6.07) is 38.8. The van der Waals surface area contributed by atoms with Crippen LogP contribution < -0.4 is 8.37 Å². The van der Waals surface area contributed by atoms with Gasteiger partial charge in [-0.25, -0.2) is 0 Å². The lowest BCUT2D eigenvalue weighted by molar-refractivity contribution is -0.0505. The molecule has 16 heteroatoms. The molecule has 0 aliphatic rings. The Bertz CT molecular complexity index is 2900. The van der Waals surface area contributed by atoms with Gasteiger partial charge in [0.15, 0.2) is 11.5 Å². The first-order valence-corrected chi connectivity index (χ1v) is 19.7. The van der Waals surface area contributed by atoms with Gasteiger partial charge in [0.2, 0.25) is 0 Å². The Labute approximate surface area is 326 Å². The zero-order valence-corrected chi connectivity index (χ0v) is 30.9. The van der Waals surface area contributed by atoms with Crippen molar-refractivity contribution in [1.82, 2.24) is 0 Å². The molecule has 0 unspecified atom stereocenters. The van der Waals surface area contributed by atoms with Crippen LogP contribution in [-0.2, 0) is 20.2 Å². The highest BCUT2D eigenvalue weighted by Gasteiger charge is 2.50. The van der Waals surface area contributed by atoms with Gasteiger partial charge in [0.25, 0.3) is 0 Å². The summed E-state index contributed by atoms with van der Waals surface area (Å²) in [6.45, 7) is 0. The van der Waals surface area contributed by atoms with Gasteiger partial charge in [-0.2, -0.15) is 43.2 Å². The molecule has 0 spiro atoms. The SMILES string of the molecule is O=S(=O)(Oc1ccc2ccccc2c1-c1c(OS(=O)(=O)C(F)(F)F)ccc2ccccc12)C(F)(F)F.Oc1ccc2ccccc2c1-c1c(O)ccc2ccccc12. The molecular weight excluding hydrogens is 811 g/mol. The summed E-state index contributed by atoms with van der Waals surface area (Å²) in [5.74, 6) is -1.47. The van der Waals surface area contributed by atoms with Crippen LogP contribution in [0, 0.1) is 0 Å². The van der Waals surface area contributed by atoms with Gasteiger partial charge in [-0.3, -0.25) is 0 Å². The van der Waals surface area contributed by atoms with E-state index in [2.05, 4.69) is 8.37 Å². The van der Waals surface area contributed by atoms with Gasteiger partial charge in [0.1, 0.15) is 11.5 Å². The van der Waals surface area contributed by atoms with Gasteiger partial charge in [-0.1, -0.05) is 121 Å². The van der Waals surface area contributed by atoms with Crippen LogP contribution in [0.1, 0.15) is 0 Å². The molecule has 296 valence electrons. The third-order valence-corrected chi connectivity index (χ3v) is 11.0. The zero-order valence-electron chi connectivity index (χ0n) is 29.3. The molecule has 0 saturated heterocycles. The number of fused-ring (bicyclic) bond motifs is 4. The predicted octanol–water partition coefficient (Wildman–Crippen LogP) is 11.2. The van der Waals surface area contributed by atoms with Crippen LogP contribution in [0.2, 0.25) is 0 Å². The van der Waals surface area contributed by atoms with Crippen molar-refractivity contribution < 1.29 is 61.8 Å². The molecule has 8 rings (SSSR count).